The van der Waals surface area contributed by atoms with Crippen molar-refractivity contribution < 1.29 is 35.9 Å². The van der Waals surface area contributed by atoms with Crippen molar-refractivity contribution in [2.24, 2.45) is 0 Å². The number of rotatable bonds is 6. The molecule has 11 heteroatoms. The first-order valence-electron chi connectivity index (χ1n) is 12.2. The summed E-state index contributed by atoms with van der Waals surface area (Å²) >= 11 is 0. The Hall–Kier alpha value is -2.79. The molecule has 0 aliphatic carbocycles. The molecule has 0 saturated carbocycles. The number of likely N-dealkylation sites (tertiary alicyclic amines) is 1. The molecule has 4 rings (SSSR count). The molecule has 202 valence electrons. The molecular weight excluding hydrogens is 500 g/mol. The number of piperazine rings is 1. The van der Waals surface area contributed by atoms with Gasteiger partial charge in [-0.3, -0.25) is 9.80 Å². The first-order chi connectivity index (χ1) is 17.5. The van der Waals surface area contributed by atoms with Crippen LogP contribution in [0.3, 0.4) is 0 Å². The van der Waals surface area contributed by atoms with E-state index in [0.717, 1.165) is 54.1 Å². The molecule has 1 amide bonds. The molecule has 0 bridgehead atoms. The number of carbonyl (C=O) groups excluding carboxylic acids is 1. The van der Waals surface area contributed by atoms with E-state index in [1.54, 1.807) is 0 Å². The predicted octanol–water partition coefficient (Wildman–Crippen LogP) is 5.70. The second kappa shape index (κ2) is 11.3. The molecule has 0 N–H and O–H groups in total. The summed E-state index contributed by atoms with van der Waals surface area (Å²) in [5, 5.41) is 0. The summed E-state index contributed by atoms with van der Waals surface area (Å²) in [5.74, 6) is 0. The van der Waals surface area contributed by atoms with Gasteiger partial charge in [0.2, 0.25) is 0 Å². The van der Waals surface area contributed by atoms with Gasteiger partial charge >= 0.3 is 18.4 Å². The second-order valence-electron chi connectivity index (χ2n) is 9.44. The van der Waals surface area contributed by atoms with Crippen molar-refractivity contribution in [3.63, 3.8) is 0 Å². The number of alkyl halides is 6. The summed E-state index contributed by atoms with van der Waals surface area (Å²) in [7, 11) is 0. The van der Waals surface area contributed by atoms with Crippen molar-refractivity contribution in [1.29, 1.82) is 0 Å². The Kier molecular flexibility index (Phi) is 8.33. The molecule has 0 atom stereocenters. The number of halogens is 6. The summed E-state index contributed by atoms with van der Waals surface area (Å²) in [6.07, 6.45) is -14.9. The number of benzene rings is 2. The Bertz CT molecular complexity index is 1030. The van der Waals surface area contributed by atoms with Gasteiger partial charge in [0.05, 0.1) is 0 Å². The number of amides is 1. The van der Waals surface area contributed by atoms with E-state index in [9.17, 15) is 31.1 Å². The molecule has 2 aromatic carbocycles. The summed E-state index contributed by atoms with van der Waals surface area (Å²) < 4.78 is 80.3. The molecule has 5 nitrogen and oxygen atoms in total. The molecule has 0 aromatic heterocycles. The molecule has 2 heterocycles. The smallest absolute Gasteiger partial charge is 0.426 e. The molecule has 2 aromatic rings. The lowest BCUT2D eigenvalue weighted by molar-refractivity contribution is -0.308. The van der Waals surface area contributed by atoms with Crippen molar-refractivity contribution >= 4 is 6.09 Å². The van der Waals surface area contributed by atoms with Crippen LogP contribution in [0.4, 0.5) is 31.1 Å². The highest BCUT2D eigenvalue weighted by atomic mass is 19.4. The van der Waals surface area contributed by atoms with E-state index in [4.69, 9.17) is 0 Å². The lowest BCUT2D eigenvalue weighted by Crippen LogP contribution is -2.52. The van der Waals surface area contributed by atoms with E-state index in [1.807, 2.05) is 23.1 Å². The van der Waals surface area contributed by atoms with Crippen LogP contribution in [0.1, 0.15) is 24.0 Å². The fraction of sp³-hybridized carbons (Fsp3) is 0.500. The fourth-order valence-corrected chi connectivity index (χ4v) is 4.74. The predicted molar refractivity (Wildman–Crippen MR) is 126 cm³/mol. The third kappa shape index (κ3) is 7.16. The van der Waals surface area contributed by atoms with Crippen LogP contribution in [0.2, 0.25) is 0 Å². The summed E-state index contributed by atoms with van der Waals surface area (Å²) in [6.45, 7) is 4.01. The quantitative estimate of drug-likeness (QED) is 0.450. The molecule has 2 fully saturated rings. The standard InChI is InChI=1S/C26H29F6N3O2/c27-25(28,29)23(26(30,31)32)37-24(36)35-14-12-34(13-15-35)17-21-9-8-20(19-6-2-1-3-7-19)16-22(21)18-33-10-4-5-11-33/h1-3,6-9,16,23H,4-5,10-15,17-18H2. The number of carbonyl (C=O) groups is 1. The molecule has 37 heavy (non-hydrogen) atoms. The SMILES string of the molecule is O=C(OC(C(F)(F)F)C(F)(F)F)N1CCN(Cc2ccc(-c3ccccc3)cc2CN2CCCC2)CC1. The third-order valence-corrected chi connectivity index (χ3v) is 6.74. The zero-order valence-electron chi connectivity index (χ0n) is 20.2. The van der Waals surface area contributed by atoms with Gasteiger partial charge in [0.15, 0.2) is 0 Å². The minimum atomic E-state index is -5.73. The van der Waals surface area contributed by atoms with Crippen molar-refractivity contribution in [1.82, 2.24) is 14.7 Å². The molecule has 2 aliphatic heterocycles. The second-order valence-corrected chi connectivity index (χ2v) is 9.44. The lowest BCUT2D eigenvalue weighted by atomic mass is 9.98. The first kappa shape index (κ1) is 27.3. The highest BCUT2D eigenvalue weighted by molar-refractivity contribution is 5.68. The fourth-order valence-electron chi connectivity index (χ4n) is 4.74. The largest absolute Gasteiger partial charge is 0.434 e. The highest BCUT2D eigenvalue weighted by Crippen LogP contribution is 2.36. The van der Waals surface area contributed by atoms with E-state index in [1.165, 1.54) is 5.56 Å². The van der Waals surface area contributed by atoms with E-state index in [2.05, 4.69) is 40.0 Å². The topological polar surface area (TPSA) is 36.0 Å². The Balaban J connectivity index is 1.40. The number of ether oxygens (including phenoxy) is 1. The van der Waals surface area contributed by atoms with Crippen molar-refractivity contribution in [3.8, 4) is 11.1 Å². The summed E-state index contributed by atoms with van der Waals surface area (Å²) in [5.41, 5.74) is 4.51. The summed E-state index contributed by atoms with van der Waals surface area (Å²) in [6, 6.07) is 16.4. The van der Waals surface area contributed by atoms with Crippen LogP contribution in [0.15, 0.2) is 48.5 Å². The highest BCUT2D eigenvalue weighted by Gasteiger charge is 2.60. The van der Waals surface area contributed by atoms with Gasteiger partial charge in [-0.25, -0.2) is 4.79 Å². The van der Waals surface area contributed by atoms with E-state index < -0.39 is 24.5 Å². The van der Waals surface area contributed by atoms with Gasteiger partial charge in [0.1, 0.15) is 0 Å². The van der Waals surface area contributed by atoms with Crippen LogP contribution < -0.4 is 0 Å². The van der Waals surface area contributed by atoms with Gasteiger partial charge in [-0.1, -0.05) is 42.5 Å². The molecule has 0 radical (unpaired) electrons. The van der Waals surface area contributed by atoms with Gasteiger partial charge in [-0.2, -0.15) is 26.3 Å². The van der Waals surface area contributed by atoms with Crippen molar-refractivity contribution in [2.45, 2.75) is 44.4 Å². The maximum atomic E-state index is 12.7. The monoisotopic (exact) mass is 529 g/mol. The van der Waals surface area contributed by atoms with Gasteiger partial charge in [0, 0.05) is 39.3 Å². The molecule has 0 spiro atoms. The van der Waals surface area contributed by atoms with Crippen molar-refractivity contribution in [2.75, 3.05) is 39.3 Å². The van der Waals surface area contributed by atoms with Crippen LogP contribution in [0.25, 0.3) is 11.1 Å². The van der Waals surface area contributed by atoms with Crippen LogP contribution in [-0.2, 0) is 17.8 Å². The van der Waals surface area contributed by atoms with Crippen LogP contribution >= 0.6 is 0 Å². The van der Waals surface area contributed by atoms with Gasteiger partial charge in [0.25, 0.3) is 6.10 Å². The normalized spacial score (nSPS) is 18.0. The zero-order valence-corrected chi connectivity index (χ0v) is 20.2. The number of hydrogen-bond acceptors (Lipinski definition) is 4. The maximum absolute atomic E-state index is 12.7. The van der Waals surface area contributed by atoms with Crippen LogP contribution in [-0.4, -0.2) is 78.5 Å². The van der Waals surface area contributed by atoms with Crippen LogP contribution in [0, 0.1) is 0 Å². The minimum Gasteiger partial charge on any atom is -0.426 e. The average Bonchev–Trinajstić information content (AvgIpc) is 3.36. The zero-order chi connectivity index (χ0) is 26.6. The average molecular weight is 530 g/mol. The Labute approximate surface area is 211 Å². The number of nitrogens with zero attached hydrogens (tertiary/aromatic N) is 3. The van der Waals surface area contributed by atoms with E-state index >= 15 is 0 Å². The number of hydrogen-bond donors (Lipinski definition) is 0. The molecule has 0 unspecified atom stereocenters. The Morgan fingerprint density at radius 2 is 1.30 bits per heavy atom. The molecule has 2 saturated heterocycles. The lowest BCUT2D eigenvalue weighted by Gasteiger charge is -2.35. The Morgan fingerprint density at radius 1 is 0.730 bits per heavy atom. The maximum Gasteiger partial charge on any atom is 0.434 e. The van der Waals surface area contributed by atoms with Crippen LogP contribution in [0.5, 0.6) is 0 Å². The Morgan fingerprint density at radius 3 is 1.89 bits per heavy atom. The third-order valence-electron chi connectivity index (χ3n) is 6.74. The molecule has 2 aliphatic rings. The summed E-state index contributed by atoms with van der Waals surface area (Å²) in [4.78, 5) is 17.4. The van der Waals surface area contributed by atoms with Gasteiger partial charge in [-0.05, 0) is 54.3 Å². The van der Waals surface area contributed by atoms with Crippen molar-refractivity contribution in [3.05, 3.63) is 59.7 Å². The molecular formula is C26H29F6N3O2. The first-order valence-corrected chi connectivity index (χ1v) is 12.2. The van der Waals surface area contributed by atoms with Gasteiger partial charge < -0.3 is 9.64 Å². The van der Waals surface area contributed by atoms with E-state index in [0.29, 0.717) is 19.6 Å². The van der Waals surface area contributed by atoms with Gasteiger partial charge in [-0.15, -0.1) is 0 Å². The van der Waals surface area contributed by atoms with E-state index in [-0.39, 0.29) is 13.1 Å². The minimum absolute atomic E-state index is 0.0230.